The van der Waals surface area contributed by atoms with E-state index in [1.807, 2.05) is 35.0 Å². The summed E-state index contributed by atoms with van der Waals surface area (Å²) in [7, 11) is 0. The normalized spacial score (nSPS) is 12.4. The van der Waals surface area contributed by atoms with E-state index in [0.717, 1.165) is 16.9 Å². The first-order valence-electron chi connectivity index (χ1n) is 6.54. The van der Waals surface area contributed by atoms with Crippen LogP contribution in [-0.2, 0) is 11.2 Å². The van der Waals surface area contributed by atoms with E-state index in [9.17, 15) is 9.90 Å². The lowest BCUT2D eigenvalue weighted by Crippen LogP contribution is -2.14. The van der Waals surface area contributed by atoms with Crippen molar-refractivity contribution in [2.45, 2.75) is 12.3 Å². The van der Waals surface area contributed by atoms with Crippen LogP contribution in [0.3, 0.4) is 0 Å². The third kappa shape index (κ3) is 2.90. The molecule has 0 radical (unpaired) electrons. The average Bonchev–Trinajstić information content (AvgIpc) is 2.88. The zero-order valence-corrected chi connectivity index (χ0v) is 11.9. The maximum absolute atomic E-state index is 11.5. The number of imidazole rings is 1. The Hall–Kier alpha value is -2.33. The minimum Gasteiger partial charge on any atom is -0.481 e. The van der Waals surface area contributed by atoms with Crippen LogP contribution in [0.2, 0.25) is 5.02 Å². The van der Waals surface area contributed by atoms with E-state index in [1.165, 1.54) is 0 Å². The van der Waals surface area contributed by atoms with Gasteiger partial charge in [0.15, 0.2) is 0 Å². The van der Waals surface area contributed by atoms with Crippen LogP contribution >= 0.6 is 11.6 Å². The van der Waals surface area contributed by atoms with Crippen molar-refractivity contribution in [1.82, 2.24) is 9.38 Å². The van der Waals surface area contributed by atoms with E-state index in [0.29, 0.717) is 11.4 Å². The fraction of sp³-hybridized carbons (Fsp3) is 0.125. The lowest BCUT2D eigenvalue weighted by Gasteiger charge is -2.11. The molecule has 0 bridgehead atoms. The Morgan fingerprint density at radius 1 is 1.24 bits per heavy atom. The SMILES string of the molecule is O=C(O)C(Cc1cn2ccccc2n1)c1ccc(Cl)cc1. The largest absolute Gasteiger partial charge is 0.481 e. The summed E-state index contributed by atoms with van der Waals surface area (Å²) in [5.74, 6) is -1.50. The standard InChI is InChI=1S/C16H13ClN2O2/c17-12-6-4-11(5-7-12)14(16(20)21)9-13-10-19-8-2-1-3-15(19)18-13/h1-8,10,14H,9H2,(H,20,21). The molecule has 5 heteroatoms. The molecule has 0 saturated carbocycles. The lowest BCUT2D eigenvalue weighted by molar-refractivity contribution is -0.138. The molecule has 2 heterocycles. The molecule has 21 heavy (non-hydrogen) atoms. The van der Waals surface area contributed by atoms with Crippen LogP contribution < -0.4 is 0 Å². The minimum absolute atomic E-state index is 0.346. The number of nitrogens with zero attached hydrogens (tertiary/aromatic N) is 2. The first-order chi connectivity index (χ1) is 10.1. The van der Waals surface area contributed by atoms with Gasteiger partial charge >= 0.3 is 5.97 Å². The van der Waals surface area contributed by atoms with Crippen LogP contribution in [0.25, 0.3) is 5.65 Å². The van der Waals surface area contributed by atoms with Gasteiger partial charge in [-0.1, -0.05) is 29.8 Å². The third-order valence-electron chi connectivity index (χ3n) is 3.40. The summed E-state index contributed by atoms with van der Waals surface area (Å²) < 4.78 is 1.89. The number of aromatic nitrogens is 2. The molecule has 0 fully saturated rings. The third-order valence-corrected chi connectivity index (χ3v) is 3.65. The molecule has 1 N–H and O–H groups in total. The Kier molecular flexibility index (Phi) is 3.62. The molecule has 3 aromatic rings. The Balaban J connectivity index is 1.91. The summed E-state index contributed by atoms with van der Waals surface area (Å²) in [5, 5.41) is 10.1. The number of aliphatic carboxylic acids is 1. The highest BCUT2D eigenvalue weighted by molar-refractivity contribution is 6.30. The number of halogens is 1. The van der Waals surface area contributed by atoms with Gasteiger partial charge in [-0.25, -0.2) is 4.98 Å². The molecule has 106 valence electrons. The molecule has 2 aromatic heterocycles. The number of hydrogen-bond acceptors (Lipinski definition) is 2. The van der Waals surface area contributed by atoms with Gasteiger partial charge in [-0.15, -0.1) is 0 Å². The summed E-state index contributed by atoms with van der Waals surface area (Å²) in [6.07, 6.45) is 4.10. The number of fused-ring (bicyclic) bond motifs is 1. The van der Waals surface area contributed by atoms with Crippen LogP contribution in [0.5, 0.6) is 0 Å². The highest BCUT2D eigenvalue weighted by Gasteiger charge is 2.21. The zero-order chi connectivity index (χ0) is 14.8. The van der Waals surface area contributed by atoms with Crippen LogP contribution in [0.15, 0.2) is 54.9 Å². The van der Waals surface area contributed by atoms with Gasteiger partial charge in [0, 0.05) is 23.8 Å². The van der Waals surface area contributed by atoms with Gasteiger partial charge in [0.05, 0.1) is 11.6 Å². The second-order valence-electron chi connectivity index (χ2n) is 4.84. The minimum atomic E-state index is -0.866. The monoisotopic (exact) mass is 300 g/mol. The second kappa shape index (κ2) is 5.58. The van der Waals surface area contributed by atoms with Gasteiger partial charge in [-0.05, 0) is 29.8 Å². The molecular formula is C16H13ClN2O2. The highest BCUT2D eigenvalue weighted by Crippen LogP contribution is 2.23. The number of pyridine rings is 1. The Morgan fingerprint density at radius 3 is 2.67 bits per heavy atom. The van der Waals surface area contributed by atoms with Crippen LogP contribution in [0.1, 0.15) is 17.2 Å². The summed E-state index contributed by atoms with van der Waals surface area (Å²) in [6.45, 7) is 0. The number of carbonyl (C=O) groups is 1. The summed E-state index contributed by atoms with van der Waals surface area (Å²) in [4.78, 5) is 16.0. The molecule has 0 amide bonds. The number of carboxylic acids is 1. The first kappa shape index (κ1) is 13.6. The Morgan fingerprint density at radius 2 is 2.00 bits per heavy atom. The summed E-state index contributed by atoms with van der Waals surface area (Å²) in [6, 6.07) is 12.6. The van der Waals surface area contributed by atoms with Gasteiger partial charge < -0.3 is 9.51 Å². The molecule has 1 unspecified atom stereocenters. The fourth-order valence-electron chi connectivity index (χ4n) is 2.34. The van der Waals surface area contributed by atoms with Crippen molar-refractivity contribution in [3.05, 3.63) is 71.1 Å². The summed E-state index contributed by atoms with van der Waals surface area (Å²) >= 11 is 5.85. The molecule has 1 aromatic carbocycles. The molecule has 0 spiro atoms. The maximum atomic E-state index is 11.5. The van der Waals surface area contributed by atoms with E-state index >= 15 is 0 Å². The van der Waals surface area contributed by atoms with E-state index in [2.05, 4.69) is 4.98 Å². The zero-order valence-electron chi connectivity index (χ0n) is 11.1. The molecule has 0 aliphatic carbocycles. The van der Waals surface area contributed by atoms with E-state index in [-0.39, 0.29) is 0 Å². The molecule has 4 nitrogen and oxygen atoms in total. The quantitative estimate of drug-likeness (QED) is 0.803. The van der Waals surface area contributed by atoms with Crippen molar-refractivity contribution >= 4 is 23.2 Å². The lowest BCUT2D eigenvalue weighted by atomic mass is 9.95. The number of rotatable bonds is 4. The predicted molar refractivity (Wildman–Crippen MR) is 80.7 cm³/mol. The van der Waals surface area contributed by atoms with E-state index < -0.39 is 11.9 Å². The number of hydrogen-bond donors (Lipinski definition) is 1. The van der Waals surface area contributed by atoms with Crippen LogP contribution in [0, 0.1) is 0 Å². The molecular weight excluding hydrogens is 288 g/mol. The molecule has 0 saturated heterocycles. The smallest absolute Gasteiger partial charge is 0.311 e. The van der Waals surface area contributed by atoms with Crippen LogP contribution in [0.4, 0.5) is 0 Å². The van der Waals surface area contributed by atoms with E-state index in [1.54, 1.807) is 24.3 Å². The molecule has 3 rings (SSSR count). The number of carboxylic acid groups (broad SMARTS) is 1. The van der Waals surface area contributed by atoms with Gasteiger partial charge in [0.25, 0.3) is 0 Å². The predicted octanol–water partition coefficient (Wildman–Crippen LogP) is 3.40. The van der Waals surface area contributed by atoms with Crippen molar-refractivity contribution in [1.29, 1.82) is 0 Å². The van der Waals surface area contributed by atoms with Crippen molar-refractivity contribution < 1.29 is 9.90 Å². The van der Waals surface area contributed by atoms with Crippen LogP contribution in [-0.4, -0.2) is 20.5 Å². The topological polar surface area (TPSA) is 54.6 Å². The van der Waals surface area contributed by atoms with Gasteiger partial charge in [0.1, 0.15) is 5.65 Å². The van der Waals surface area contributed by atoms with Crippen molar-refractivity contribution in [2.24, 2.45) is 0 Å². The highest BCUT2D eigenvalue weighted by atomic mass is 35.5. The maximum Gasteiger partial charge on any atom is 0.311 e. The molecule has 1 atom stereocenters. The molecule has 0 aliphatic rings. The van der Waals surface area contributed by atoms with Gasteiger partial charge in [-0.2, -0.15) is 0 Å². The number of benzene rings is 1. The molecule has 0 aliphatic heterocycles. The van der Waals surface area contributed by atoms with Gasteiger partial charge in [0.2, 0.25) is 0 Å². The summed E-state index contributed by atoms with van der Waals surface area (Å²) in [5.41, 5.74) is 2.29. The van der Waals surface area contributed by atoms with Crippen molar-refractivity contribution in [3.63, 3.8) is 0 Å². The van der Waals surface area contributed by atoms with Crippen molar-refractivity contribution in [2.75, 3.05) is 0 Å². The van der Waals surface area contributed by atoms with Gasteiger partial charge in [-0.3, -0.25) is 4.79 Å². The fourth-order valence-corrected chi connectivity index (χ4v) is 2.46. The average molecular weight is 301 g/mol. The van der Waals surface area contributed by atoms with E-state index in [4.69, 9.17) is 11.6 Å². The first-order valence-corrected chi connectivity index (χ1v) is 6.92. The Bertz CT molecular complexity index is 747. The second-order valence-corrected chi connectivity index (χ2v) is 5.28. The Labute approximate surface area is 126 Å². The van der Waals surface area contributed by atoms with Crippen molar-refractivity contribution in [3.8, 4) is 0 Å².